The lowest BCUT2D eigenvalue weighted by atomic mass is 10.1. The van der Waals surface area contributed by atoms with Crippen molar-refractivity contribution in [1.29, 1.82) is 0 Å². The van der Waals surface area contributed by atoms with Crippen LogP contribution in [0.25, 0.3) is 0 Å². The Labute approximate surface area is 130 Å². The van der Waals surface area contributed by atoms with Gasteiger partial charge < -0.3 is 10.1 Å². The van der Waals surface area contributed by atoms with Crippen molar-refractivity contribution in [3.8, 4) is 5.75 Å². The van der Waals surface area contributed by atoms with Crippen LogP contribution in [0.1, 0.15) is 39.7 Å². The molecule has 3 heteroatoms. The van der Waals surface area contributed by atoms with Crippen LogP contribution in [-0.2, 0) is 6.54 Å². The van der Waals surface area contributed by atoms with E-state index in [9.17, 15) is 0 Å². The molecule has 1 unspecified atom stereocenters. The van der Waals surface area contributed by atoms with E-state index >= 15 is 0 Å². The largest absolute Gasteiger partial charge is 0.492 e. The fourth-order valence-corrected chi connectivity index (χ4v) is 2.26. The Hall–Kier alpha value is -1.06. The van der Waals surface area contributed by atoms with E-state index in [4.69, 9.17) is 4.74 Å². The van der Waals surface area contributed by atoms with Gasteiger partial charge in [0.25, 0.3) is 0 Å². The summed E-state index contributed by atoms with van der Waals surface area (Å²) in [6, 6.07) is 8.38. The van der Waals surface area contributed by atoms with Crippen molar-refractivity contribution < 1.29 is 4.74 Å². The summed E-state index contributed by atoms with van der Waals surface area (Å²) in [4.78, 5) is 2.47. The van der Waals surface area contributed by atoms with E-state index in [1.807, 2.05) is 6.07 Å². The van der Waals surface area contributed by atoms with Gasteiger partial charge in [-0.05, 0) is 36.7 Å². The predicted octanol–water partition coefficient (Wildman–Crippen LogP) is 3.54. The molecular weight excluding hydrogens is 260 g/mol. The zero-order valence-corrected chi connectivity index (χ0v) is 14.2. The third kappa shape index (κ3) is 7.49. The average Bonchev–Trinajstić information content (AvgIpc) is 2.52. The number of ether oxygens (including phenoxy) is 1. The van der Waals surface area contributed by atoms with Crippen molar-refractivity contribution in [2.45, 2.75) is 40.7 Å². The molecule has 0 saturated heterocycles. The summed E-state index contributed by atoms with van der Waals surface area (Å²) in [5.74, 6) is 1.73. The number of nitrogens with one attached hydrogen (secondary N) is 1. The highest BCUT2D eigenvalue weighted by Crippen LogP contribution is 2.13. The zero-order valence-electron chi connectivity index (χ0n) is 14.2. The van der Waals surface area contributed by atoms with Gasteiger partial charge in [-0.1, -0.05) is 46.2 Å². The van der Waals surface area contributed by atoms with Crippen LogP contribution in [0.5, 0.6) is 5.75 Å². The number of hydrogen-bond acceptors (Lipinski definition) is 3. The monoisotopic (exact) mass is 292 g/mol. The van der Waals surface area contributed by atoms with Gasteiger partial charge in [-0.25, -0.2) is 0 Å². The van der Waals surface area contributed by atoms with Crippen molar-refractivity contribution in [3.05, 3.63) is 29.8 Å². The lowest BCUT2D eigenvalue weighted by Gasteiger charge is -2.23. The van der Waals surface area contributed by atoms with Crippen LogP contribution in [0.3, 0.4) is 0 Å². The second-order valence-corrected chi connectivity index (χ2v) is 5.68. The molecule has 0 amide bonds. The van der Waals surface area contributed by atoms with Gasteiger partial charge in [-0.3, -0.25) is 4.90 Å². The Morgan fingerprint density at radius 2 is 2.05 bits per heavy atom. The minimum atomic E-state index is 0.758. The third-order valence-electron chi connectivity index (χ3n) is 3.87. The summed E-state index contributed by atoms with van der Waals surface area (Å²) >= 11 is 0. The van der Waals surface area contributed by atoms with Crippen LogP contribution in [0, 0.1) is 5.92 Å². The topological polar surface area (TPSA) is 24.5 Å². The molecule has 120 valence electrons. The summed E-state index contributed by atoms with van der Waals surface area (Å²) in [6.45, 7) is 14.8. The van der Waals surface area contributed by atoms with E-state index in [1.165, 1.54) is 12.0 Å². The van der Waals surface area contributed by atoms with E-state index in [-0.39, 0.29) is 0 Å². The Bertz CT molecular complexity index is 381. The summed E-state index contributed by atoms with van der Waals surface area (Å²) in [6.07, 6.45) is 1.24. The molecule has 1 atom stereocenters. The first kappa shape index (κ1) is 18.0. The average molecular weight is 292 g/mol. The lowest BCUT2D eigenvalue weighted by molar-refractivity contribution is 0.194. The van der Waals surface area contributed by atoms with Crippen LogP contribution in [0.15, 0.2) is 24.3 Å². The normalized spacial score (nSPS) is 12.6. The molecule has 1 rings (SSSR count). The maximum atomic E-state index is 5.90. The predicted molar refractivity (Wildman–Crippen MR) is 90.9 cm³/mol. The van der Waals surface area contributed by atoms with Gasteiger partial charge in [-0.2, -0.15) is 0 Å². The molecule has 21 heavy (non-hydrogen) atoms. The van der Waals surface area contributed by atoms with E-state index in [2.05, 4.69) is 56.1 Å². The Morgan fingerprint density at radius 1 is 1.24 bits per heavy atom. The van der Waals surface area contributed by atoms with E-state index in [1.54, 1.807) is 0 Å². The van der Waals surface area contributed by atoms with Crippen LogP contribution < -0.4 is 10.1 Å². The quantitative estimate of drug-likeness (QED) is 0.675. The highest BCUT2D eigenvalue weighted by molar-refractivity contribution is 5.28. The first-order chi connectivity index (χ1) is 10.2. The number of benzene rings is 1. The highest BCUT2D eigenvalue weighted by atomic mass is 16.5. The third-order valence-corrected chi connectivity index (χ3v) is 3.87. The van der Waals surface area contributed by atoms with Gasteiger partial charge in [-0.15, -0.1) is 0 Å². The molecule has 0 heterocycles. The molecule has 0 spiro atoms. The molecule has 1 aromatic carbocycles. The molecule has 0 bridgehead atoms. The smallest absolute Gasteiger partial charge is 0.119 e. The maximum absolute atomic E-state index is 5.90. The number of rotatable bonds is 11. The van der Waals surface area contributed by atoms with Crippen molar-refractivity contribution in [2.24, 2.45) is 5.92 Å². The van der Waals surface area contributed by atoms with Gasteiger partial charge >= 0.3 is 0 Å². The number of likely N-dealkylation sites (N-methyl/N-ethyl adjacent to an activating group) is 1. The maximum Gasteiger partial charge on any atom is 0.119 e. The molecular formula is C18H32N2O. The molecule has 0 saturated carbocycles. The summed E-state index contributed by atoms with van der Waals surface area (Å²) in [5, 5.41) is 3.34. The minimum Gasteiger partial charge on any atom is -0.492 e. The summed E-state index contributed by atoms with van der Waals surface area (Å²) in [7, 11) is 0. The molecule has 0 aliphatic heterocycles. The summed E-state index contributed by atoms with van der Waals surface area (Å²) in [5.41, 5.74) is 1.28. The molecule has 1 N–H and O–H groups in total. The minimum absolute atomic E-state index is 0.758. The van der Waals surface area contributed by atoms with E-state index < -0.39 is 0 Å². The number of nitrogens with zero attached hydrogens (tertiary/aromatic N) is 1. The highest BCUT2D eigenvalue weighted by Gasteiger charge is 2.07. The SMILES string of the molecule is CCNCc1cccc(OCCN(CC)CC(C)CC)c1. The Balaban J connectivity index is 2.36. The first-order valence-electron chi connectivity index (χ1n) is 8.34. The van der Waals surface area contributed by atoms with E-state index in [0.29, 0.717) is 0 Å². The van der Waals surface area contributed by atoms with Crippen molar-refractivity contribution in [3.63, 3.8) is 0 Å². The first-order valence-corrected chi connectivity index (χ1v) is 8.34. The van der Waals surface area contributed by atoms with Crippen LogP contribution >= 0.6 is 0 Å². The Morgan fingerprint density at radius 3 is 2.71 bits per heavy atom. The van der Waals surface area contributed by atoms with Crippen LogP contribution in [-0.4, -0.2) is 37.7 Å². The van der Waals surface area contributed by atoms with Gasteiger partial charge in [0.05, 0.1) is 0 Å². The standard InChI is InChI=1S/C18H32N2O/c1-5-16(4)15-20(7-3)11-12-21-18-10-8-9-17(13-18)14-19-6-2/h8-10,13,16,19H,5-7,11-12,14-15H2,1-4H3. The van der Waals surface area contributed by atoms with Gasteiger partial charge in [0.2, 0.25) is 0 Å². The fraction of sp³-hybridized carbons (Fsp3) is 0.667. The molecule has 0 fully saturated rings. The summed E-state index contributed by atoms with van der Waals surface area (Å²) < 4.78 is 5.90. The van der Waals surface area contributed by atoms with Gasteiger partial charge in [0.15, 0.2) is 0 Å². The second kappa shape index (κ2) is 10.6. The molecule has 0 aromatic heterocycles. The molecule has 1 aromatic rings. The Kier molecular flexibility index (Phi) is 9.11. The van der Waals surface area contributed by atoms with Crippen LogP contribution in [0.4, 0.5) is 0 Å². The van der Waals surface area contributed by atoms with Crippen molar-refractivity contribution >= 4 is 0 Å². The van der Waals surface area contributed by atoms with Crippen LogP contribution in [0.2, 0.25) is 0 Å². The van der Waals surface area contributed by atoms with Crippen molar-refractivity contribution in [2.75, 3.05) is 32.8 Å². The second-order valence-electron chi connectivity index (χ2n) is 5.68. The van der Waals surface area contributed by atoms with Gasteiger partial charge in [0.1, 0.15) is 12.4 Å². The molecule has 0 aliphatic carbocycles. The molecule has 3 nitrogen and oxygen atoms in total. The molecule has 0 radical (unpaired) electrons. The molecule has 0 aliphatic rings. The van der Waals surface area contributed by atoms with E-state index in [0.717, 1.165) is 51.0 Å². The van der Waals surface area contributed by atoms with Crippen molar-refractivity contribution in [1.82, 2.24) is 10.2 Å². The lowest BCUT2D eigenvalue weighted by Crippen LogP contribution is -2.32. The number of hydrogen-bond donors (Lipinski definition) is 1. The fourth-order valence-electron chi connectivity index (χ4n) is 2.26. The van der Waals surface area contributed by atoms with Gasteiger partial charge in [0, 0.05) is 19.6 Å². The zero-order chi connectivity index (χ0) is 15.5.